The van der Waals surface area contributed by atoms with Gasteiger partial charge in [0.05, 0.1) is 106 Å². The highest BCUT2D eigenvalue weighted by Gasteiger charge is 2.02. The summed E-state index contributed by atoms with van der Waals surface area (Å²) >= 11 is 0. The highest BCUT2D eigenvalue weighted by Crippen LogP contribution is 2.12. The van der Waals surface area contributed by atoms with E-state index in [1.54, 1.807) is 12.1 Å². The fourth-order valence-electron chi connectivity index (χ4n) is 3.58. The number of unbranched alkanes of at least 4 members (excludes halogenated alkanes) is 4. The van der Waals surface area contributed by atoms with Gasteiger partial charge in [-0.3, -0.25) is 4.79 Å². The van der Waals surface area contributed by atoms with Crippen molar-refractivity contribution in [2.45, 2.75) is 45.4 Å². The molecule has 12 nitrogen and oxygen atoms in total. The molecule has 0 saturated carbocycles. The van der Waals surface area contributed by atoms with Crippen molar-refractivity contribution in [1.82, 2.24) is 0 Å². The number of anilines is 1. The monoisotopic (exact) mass is 631 g/mol. The van der Waals surface area contributed by atoms with Crippen LogP contribution < -0.4 is 10.5 Å². The summed E-state index contributed by atoms with van der Waals surface area (Å²) < 4.78 is 54.4. The first-order valence-corrected chi connectivity index (χ1v) is 16.0. The lowest BCUT2D eigenvalue weighted by molar-refractivity contribution is -0.145. The minimum atomic E-state index is -0.147. The lowest BCUT2D eigenvalue weighted by Crippen LogP contribution is -2.15. The fourth-order valence-corrected chi connectivity index (χ4v) is 3.58. The van der Waals surface area contributed by atoms with Gasteiger partial charge in [-0.15, -0.1) is 0 Å². The molecular weight excluding hydrogens is 574 g/mol. The molecule has 0 aliphatic heterocycles. The van der Waals surface area contributed by atoms with E-state index < -0.39 is 0 Å². The number of hydrogen-bond acceptors (Lipinski definition) is 12. The number of nitrogens with two attached hydrogens (primary N) is 1. The van der Waals surface area contributed by atoms with Crippen LogP contribution in [-0.4, -0.2) is 125 Å². The first kappa shape index (κ1) is 40.0. The second-order valence-electron chi connectivity index (χ2n) is 9.70. The van der Waals surface area contributed by atoms with Gasteiger partial charge in [0.15, 0.2) is 0 Å². The summed E-state index contributed by atoms with van der Waals surface area (Å²) in [4.78, 5) is 11.6. The van der Waals surface area contributed by atoms with Crippen molar-refractivity contribution >= 4 is 11.7 Å². The van der Waals surface area contributed by atoms with E-state index in [-0.39, 0.29) is 12.6 Å². The number of benzene rings is 1. The van der Waals surface area contributed by atoms with Gasteiger partial charge in [-0.05, 0) is 30.7 Å². The summed E-state index contributed by atoms with van der Waals surface area (Å²) in [6.45, 7) is 10.7. The van der Waals surface area contributed by atoms with Crippen LogP contribution in [0.2, 0.25) is 0 Å². The number of ether oxygens (including phenoxy) is 10. The second kappa shape index (κ2) is 32.4. The predicted molar refractivity (Wildman–Crippen MR) is 167 cm³/mol. The van der Waals surface area contributed by atoms with Crippen LogP contribution in [0.1, 0.15) is 45.4 Å². The lowest BCUT2D eigenvalue weighted by Gasteiger charge is -2.09. The van der Waals surface area contributed by atoms with E-state index in [4.69, 9.17) is 53.1 Å². The average molecular weight is 632 g/mol. The highest BCUT2D eigenvalue weighted by atomic mass is 16.6. The quantitative estimate of drug-likeness (QED) is 0.0675. The predicted octanol–water partition coefficient (Wildman–Crippen LogP) is 3.68. The summed E-state index contributed by atoms with van der Waals surface area (Å²) in [6, 6.07) is 7.26. The molecule has 0 spiro atoms. The molecule has 12 heteroatoms. The van der Waals surface area contributed by atoms with Crippen LogP contribution in [0, 0.1) is 0 Å². The summed E-state index contributed by atoms with van der Waals surface area (Å²) in [5, 5.41) is 0. The van der Waals surface area contributed by atoms with Crippen molar-refractivity contribution in [2.75, 3.05) is 125 Å². The van der Waals surface area contributed by atoms with Crippen molar-refractivity contribution in [2.24, 2.45) is 0 Å². The maximum Gasteiger partial charge on any atom is 0.305 e. The summed E-state index contributed by atoms with van der Waals surface area (Å²) in [6.07, 6.45) is 6.08. The van der Waals surface area contributed by atoms with E-state index in [9.17, 15) is 4.79 Å². The molecule has 0 fully saturated rings. The maximum absolute atomic E-state index is 11.6. The van der Waals surface area contributed by atoms with Crippen LogP contribution in [0.3, 0.4) is 0 Å². The van der Waals surface area contributed by atoms with Crippen LogP contribution in [0.4, 0.5) is 5.69 Å². The molecule has 256 valence electrons. The Kier molecular flexibility index (Phi) is 29.4. The lowest BCUT2D eigenvalue weighted by atomic mass is 10.1. The molecule has 0 aromatic heterocycles. The van der Waals surface area contributed by atoms with Crippen LogP contribution in [-0.2, 0) is 47.4 Å². The van der Waals surface area contributed by atoms with E-state index >= 15 is 0 Å². The fraction of sp³-hybridized carbons (Fsp3) is 0.781. The Bertz CT molecular complexity index is 739. The van der Waals surface area contributed by atoms with Crippen molar-refractivity contribution in [3.63, 3.8) is 0 Å². The number of nitrogen functional groups attached to an aromatic ring is 1. The Morgan fingerprint density at radius 3 is 1.27 bits per heavy atom. The van der Waals surface area contributed by atoms with Gasteiger partial charge in [-0.25, -0.2) is 0 Å². The molecule has 0 bridgehead atoms. The van der Waals surface area contributed by atoms with E-state index in [0.717, 1.165) is 18.6 Å². The first-order chi connectivity index (χ1) is 21.7. The summed E-state index contributed by atoms with van der Waals surface area (Å²) in [5.74, 6) is 0.623. The number of rotatable bonds is 34. The van der Waals surface area contributed by atoms with Crippen LogP contribution in [0.5, 0.6) is 5.75 Å². The van der Waals surface area contributed by atoms with Gasteiger partial charge in [0.25, 0.3) is 0 Å². The van der Waals surface area contributed by atoms with Gasteiger partial charge in [-0.2, -0.15) is 0 Å². The van der Waals surface area contributed by atoms with Gasteiger partial charge in [0, 0.05) is 12.1 Å². The van der Waals surface area contributed by atoms with Crippen LogP contribution in [0.15, 0.2) is 24.3 Å². The van der Waals surface area contributed by atoms with Gasteiger partial charge < -0.3 is 53.1 Å². The molecule has 1 rings (SSSR count). The van der Waals surface area contributed by atoms with Gasteiger partial charge in [-0.1, -0.05) is 32.6 Å². The van der Waals surface area contributed by atoms with Crippen LogP contribution in [0.25, 0.3) is 0 Å². The molecule has 2 N–H and O–H groups in total. The third-order valence-corrected chi connectivity index (χ3v) is 5.96. The van der Waals surface area contributed by atoms with Gasteiger partial charge >= 0.3 is 5.97 Å². The standard InChI is InChI=1S/C32H57NO11/c1-2-3-4-5-6-7-32(34)44-29-27-42-25-23-40-21-19-38-17-15-36-13-12-35-14-16-37-18-20-39-22-24-41-26-28-43-31-10-8-30(33)9-11-31/h8-11H,2-7,12-29,33H2,1H3. The molecule has 44 heavy (non-hydrogen) atoms. The van der Waals surface area contributed by atoms with E-state index in [1.807, 2.05) is 12.1 Å². The molecule has 0 radical (unpaired) electrons. The maximum atomic E-state index is 11.6. The normalized spacial score (nSPS) is 11.2. The summed E-state index contributed by atoms with van der Waals surface area (Å²) in [5.41, 5.74) is 6.35. The molecule has 0 saturated heterocycles. The highest BCUT2D eigenvalue weighted by molar-refractivity contribution is 5.69. The van der Waals surface area contributed by atoms with E-state index in [0.29, 0.717) is 124 Å². The van der Waals surface area contributed by atoms with Crippen LogP contribution >= 0.6 is 0 Å². The number of carbonyl (C=O) groups is 1. The SMILES string of the molecule is CCCCCCCC(=O)OCCOCCOCCOCCOCCOCCOCCOCCOCCOc1ccc(N)cc1. The molecule has 1 aromatic carbocycles. The number of carbonyl (C=O) groups excluding carboxylic acids is 1. The van der Waals surface area contributed by atoms with Crippen molar-refractivity contribution in [3.8, 4) is 5.75 Å². The van der Waals surface area contributed by atoms with E-state index in [1.165, 1.54) is 19.3 Å². The Hall–Kier alpha value is -2.03. The molecule has 0 aliphatic rings. The van der Waals surface area contributed by atoms with Crippen molar-refractivity contribution in [3.05, 3.63) is 24.3 Å². The zero-order chi connectivity index (χ0) is 31.6. The van der Waals surface area contributed by atoms with Gasteiger partial charge in [0.1, 0.15) is 19.0 Å². The zero-order valence-electron chi connectivity index (χ0n) is 26.8. The number of esters is 1. The topological polar surface area (TPSA) is 135 Å². The largest absolute Gasteiger partial charge is 0.491 e. The second-order valence-corrected chi connectivity index (χ2v) is 9.70. The molecular formula is C32H57NO11. The van der Waals surface area contributed by atoms with E-state index in [2.05, 4.69) is 6.92 Å². The van der Waals surface area contributed by atoms with Crippen molar-refractivity contribution in [1.29, 1.82) is 0 Å². The third kappa shape index (κ3) is 28.7. The minimum Gasteiger partial charge on any atom is -0.491 e. The molecule has 0 atom stereocenters. The molecule has 0 unspecified atom stereocenters. The molecule has 0 amide bonds. The Labute approximate surface area is 264 Å². The Morgan fingerprint density at radius 2 is 0.864 bits per heavy atom. The first-order valence-electron chi connectivity index (χ1n) is 16.0. The smallest absolute Gasteiger partial charge is 0.305 e. The number of hydrogen-bond donors (Lipinski definition) is 1. The van der Waals surface area contributed by atoms with Gasteiger partial charge in [0.2, 0.25) is 0 Å². The third-order valence-electron chi connectivity index (χ3n) is 5.96. The molecule has 0 heterocycles. The Balaban J connectivity index is 1.65. The minimum absolute atomic E-state index is 0.147. The summed E-state index contributed by atoms with van der Waals surface area (Å²) in [7, 11) is 0. The molecule has 0 aliphatic carbocycles. The average Bonchev–Trinajstić information content (AvgIpc) is 3.03. The molecule has 1 aromatic rings. The Morgan fingerprint density at radius 1 is 0.500 bits per heavy atom. The van der Waals surface area contributed by atoms with Crippen molar-refractivity contribution < 1.29 is 52.2 Å². The zero-order valence-corrected chi connectivity index (χ0v) is 26.8.